The average molecular weight is 463 g/mol. The largest absolute Gasteiger partial charge is 0.350 e. The fourth-order valence-electron chi connectivity index (χ4n) is 4.53. The second kappa shape index (κ2) is 10.7. The first kappa shape index (κ1) is 23.1. The highest BCUT2D eigenvalue weighted by Gasteiger charge is 2.24. The minimum absolute atomic E-state index is 0.000168. The van der Waals surface area contributed by atoms with Crippen LogP contribution >= 0.6 is 11.3 Å². The second-order valence-corrected chi connectivity index (χ2v) is 9.77. The number of amides is 1. The molecular formula is C26H30N4O2S. The fourth-order valence-corrected chi connectivity index (χ4v) is 5.52. The number of nitrogens with one attached hydrogen (secondary N) is 2. The average Bonchev–Trinajstić information content (AvgIpc) is 3.48. The number of pyridine rings is 1. The van der Waals surface area contributed by atoms with Crippen LogP contribution in [0.15, 0.2) is 37.2 Å². The number of nitrogens with zero attached hydrogens (tertiary/aromatic N) is 2. The van der Waals surface area contributed by atoms with E-state index in [1.54, 1.807) is 18.3 Å². The van der Waals surface area contributed by atoms with Crippen molar-refractivity contribution in [3.05, 3.63) is 59.0 Å². The normalized spacial score (nSPS) is 14.5. The Morgan fingerprint density at radius 1 is 1.24 bits per heavy atom. The topological polar surface area (TPSA) is 89.9 Å². The smallest absolute Gasteiger partial charge is 0.270 e. The molecule has 0 atom stereocenters. The highest BCUT2D eigenvalue weighted by Crippen LogP contribution is 2.27. The van der Waals surface area contributed by atoms with Gasteiger partial charge in [-0.05, 0) is 54.8 Å². The van der Waals surface area contributed by atoms with E-state index in [-0.39, 0.29) is 11.7 Å². The number of aromatic nitrogens is 2. The Labute approximate surface area is 198 Å². The molecule has 0 saturated carbocycles. The third-order valence-electron chi connectivity index (χ3n) is 6.49. The first-order chi connectivity index (χ1) is 16.1. The van der Waals surface area contributed by atoms with Crippen LogP contribution in [0.1, 0.15) is 76.4 Å². The van der Waals surface area contributed by atoms with E-state index in [4.69, 9.17) is 5.41 Å². The molecule has 0 bridgehead atoms. The van der Waals surface area contributed by atoms with Crippen molar-refractivity contribution in [2.45, 2.75) is 44.9 Å². The number of unbranched alkanes of at least 4 members (excludes halogenated alkanes) is 2. The standard InChI is InChI=1S/C26H30N4O2S/c1-2-21-20(16-27)14-22(29-21)26(32)30-12-9-18(10-13-30)6-4-3-5-7-23(31)24-15-19-8-11-28-17-25(19)33-24/h2,8,11,14-18,27,29H,1,3-7,9-10,12-13H2. The predicted octanol–water partition coefficient (Wildman–Crippen LogP) is 5.95. The molecule has 1 aliphatic heterocycles. The van der Waals surface area contributed by atoms with Crippen molar-refractivity contribution in [2.75, 3.05) is 13.1 Å². The van der Waals surface area contributed by atoms with Crippen molar-refractivity contribution < 1.29 is 9.59 Å². The van der Waals surface area contributed by atoms with Gasteiger partial charge in [-0.1, -0.05) is 25.8 Å². The van der Waals surface area contributed by atoms with Gasteiger partial charge in [0.25, 0.3) is 5.91 Å². The zero-order valence-corrected chi connectivity index (χ0v) is 19.6. The molecule has 1 fully saturated rings. The molecule has 3 aromatic rings. The van der Waals surface area contributed by atoms with E-state index in [1.165, 1.54) is 17.6 Å². The summed E-state index contributed by atoms with van der Waals surface area (Å²) in [4.78, 5) is 35.2. The molecule has 1 amide bonds. The second-order valence-electron chi connectivity index (χ2n) is 8.68. The summed E-state index contributed by atoms with van der Waals surface area (Å²) >= 11 is 1.53. The number of hydrogen-bond donors (Lipinski definition) is 2. The van der Waals surface area contributed by atoms with Crippen LogP contribution < -0.4 is 0 Å². The zero-order valence-electron chi connectivity index (χ0n) is 18.8. The molecule has 0 aliphatic carbocycles. The maximum absolute atomic E-state index is 12.8. The summed E-state index contributed by atoms with van der Waals surface area (Å²) in [5, 5.41) is 8.55. The third-order valence-corrected chi connectivity index (χ3v) is 7.61. The lowest BCUT2D eigenvalue weighted by molar-refractivity contribution is 0.0680. The zero-order chi connectivity index (χ0) is 23.2. The van der Waals surface area contributed by atoms with Crippen molar-refractivity contribution >= 4 is 45.4 Å². The van der Waals surface area contributed by atoms with Crippen LogP contribution in [-0.4, -0.2) is 45.9 Å². The summed E-state index contributed by atoms with van der Waals surface area (Å²) in [6, 6.07) is 5.66. The van der Waals surface area contributed by atoms with E-state index in [9.17, 15) is 9.59 Å². The van der Waals surface area contributed by atoms with E-state index < -0.39 is 0 Å². The van der Waals surface area contributed by atoms with E-state index in [1.807, 2.05) is 23.2 Å². The Morgan fingerprint density at radius 2 is 2.06 bits per heavy atom. The Balaban J connectivity index is 1.15. The molecule has 33 heavy (non-hydrogen) atoms. The molecule has 1 saturated heterocycles. The van der Waals surface area contributed by atoms with Crippen LogP contribution in [-0.2, 0) is 0 Å². The van der Waals surface area contributed by atoms with Crippen LogP contribution in [0.3, 0.4) is 0 Å². The molecule has 0 unspecified atom stereocenters. The number of piperidine rings is 1. The van der Waals surface area contributed by atoms with Crippen LogP contribution in [0.5, 0.6) is 0 Å². The van der Waals surface area contributed by atoms with Crippen LogP contribution in [0.2, 0.25) is 0 Å². The van der Waals surface area contributed by atoms with Gasteiger partial charge < -0.3 is 15.3 Å². The number of ketones is 1. The summed E-state index contributed by atoms with van der Waals surface area (Å²) in [6.45, 7) is 5.27. The van der Waals surface area contributed by atoms with Gasteiger partial charge in [0.1, 0.15) is 5.69 Å². The number of H-pyrrole nitrogens is 1. The Hall–Kier alpha value is -3.06. The summed E-state index contributed by atoms with van der Waals surface area (Å²) in [5.74, 6) is 0.877. The summed E-state index contributed by atoms with van der Waals surface area (Å²) < 4.78 is 1.07. The van der Waals surface area contributed by atoms with Crippen molar-refractivity contribution in [1.82, 2.24) is 14.9 Å². The molecule has 0 radical (unpaired) electrons. The fraction of sp³-hybridized carbons (Fsp3) is 0.385. The number of carbonyl (C=O) groups excluding carboxylic acids is 2. The van der Waals surface area contributed by atoms with E-state index in [0.29, 0.717) is 29.3 Å². The molecule has 0 spiro atoms. The van der Waals surface area contributed by atoms with Gasteiger partial charge in [-0.25, -0.2) is 0 Å². The molecular weight excluding hydrogens is 432 g/mol. The van der Waals surface area contributed by atoms with Crippen molar-refractivity contribution in [2.24, 2.45) is 5.92 Å². The first-order valence-corrected chi connectivity index (χ1v) is 12.4. The van der Waals surface area contributed by atoms with Crippen LogP contribution in [0.25, 0.3) is 16.2 Å². The van der Waals surface area contributed by atoms with Crippen molar-refractivity contribution in [3.8, 4) is 0 Å². The monoisotopic (exact) mass is 462 g/mol. The number of hydrogen-bond acceptors (Lipinski definition) is 5. The minimum atomic E-state index is 0.000168. The molecule has 172 valence electrons. The van der Waals surface area contributed by atoms with E-state index >= 15 is 0 Å². The van der Waals surface area contributed by atoms with Crippen LogP contribution in [0, 0.1) is 11.3 Å². The van der Waals surface area contributed by atoms with Crippen molar-refractivity contribution in [1.29, 1.82) is 5.41 Å². The Morgan fingerprint density at radius 3 is 2.76 bits per heavy atom. The molecule has 3 aromatic heterocycles. The number of Topliss-reactive ketones (excluding diaryl/α,β-unsaturated/α-hetero) is 1. The third kappa shape index (κ3) is 5.47. The predicted molar refractivity (Wildman–Crippen MR) is 134 cm³/mol. The highest BCUT2D eigenvalue weighted by molar-refractivity contribution is 7.20. The van der Waals surface area contributed by atoms with Gasteiger partial charge in [0.05, 0.1) is 9.58 Å². The highest BCUT2D eigenvalue weighted by atomic mass is 32.1. The lowest BCUT2D eigenvalue weighted by atomic mass is 9.91. The van der Waals surface area contributed by atoms with Gasteiger partial charge in [0, 0.05) is 49.4 Å². The minimum Gasteiger partial charge on any atom is -0.350 e. The maximum atomic E-state index is 12.8. The van der Waals surface area contributed by atoms with Gasteiger partial charge in [0.2, 0.25) is 0 Å². The van der Waals surface area contributed by atoms with E-state index in [2.05, 4.69) is 16.5 Å². The number of carbonyl (C=O) groups is 2. The van der Waals surface area contributed by atoms with Crippen molar-refractivity contribution in [3.63, 3.8) is 0 Å². The quantitative estimate of drug-likeness (QED) is 0.222. The summed E-state index contributed by atoms with van der Waals surface area (Å²) in [6.07, 6.45) is 13.4. The van der Waals surface area contributed by atoms with E-state index in [0.717, 1.165) is 66.6 Å². The number of rotatable bonds is 10. The number of fused-ring (bicyclic) bond motifs is 1. The molecule has 4 rings (SSSR count). The number of aromatic amines is 1. The summed E-state index contributed by atoms with van der Waals surface area (Å²) in [7, 11) is 0. The lowest BCUT2D eigenvalue weighted by Gasteiger charge is -2.31. The van der Waals surface area contributed by atoms with Gasteiger partial charge in [-0.3, -0.25) is 14.6 Å². The van der Waals surface area contributed by atoms with Gasteiger partial charge in [-0.15, -0.1) is 11.3 Å². The Kier molecular flexibility index (Phi) is 7.50. The molecule has 2 N–H and O–H groups in total. The van der Waals surface area contributed by atoms with Gasteiger partial charge in [0.15, 0.2) is 5.78 Å². The van der Waals surface area contributed by atoms with Gasteiger partial charge in [-0.2, -0.15) is 0 Å². The molecule has 0 aromatic carbocycles. The first-order valence-electron chi connectivity index (χ1n) is 11.6. The lowest BCUT2D eigenvalue weighted by Crippen LogP contribution is -2.38. The summed E-state index contributed by atoms with van der Waals surface area (Å²) in [5.41, 5.74) is 1.93. The molecule has 7 heteroatoms. The van der Waals surface area contributed by atoms with Crippen LogP contribution in [0.4, 0.5) is 0 Å². The number of thiophene rings is 1. The van der Waals surface area contributed by atoms with Gasteiger partial charge >= 0.3 is 0 Å². The molecule has 1 aliphatic rings. The SMILES string of the molecule is C=Cc1[nH]c(C(=O)N2CCC(CCCCCC(=O)c3cc4ccncc4s3)CC2)cc1C=N. The number of likely N-dealkylation sites (tertiary alicyclic amines) is 1. The molecule has 4 heterocycles. The Bertz CT molecular complexity index is 1100. The maximum Gasteiger partial charge on any atom is 0.270 e. The molecule has 6 nitrogen and oxygen atoms in total.